The first-order chi connectivity index (χ1) is 14.7. The lowest BCUT2D eigenvalue weighted by atomic mass is 10.2. The predicted octanol–water partition coefficient (Wildman–Crippen LogP) is 4.15. The molecule has 0 aliphatic heterocycles. The summed E-state index contributed by atoms with van der Waals surface area (Å²) >= 11 is 6.38. The van der Waals surface area contributed by atoms with Gasteiger partial charge in [-0.15, -0.1) is 12.4 Å². The Kier molecular flexibility index (Phi) is 8.99. The van der Waals surface area contributed by atoms with Crippen molar-refractivity contribution in [3.63, 3.8) is 0 Å². The minimum absolute atomic E-state index is 0. The van der Waals surface area contributed by atoms with E-state index >= 15 is 0 Å². The molecule has 1 fully saturated rings. The van der Waals surface area contributed by atoms with Crippen LogP contribution in [0.1, 0.15) is 60.4 Å². The van der Waals surface area contributed by atoms with Gasteiger partial charge in [0.2, 0.25) is 0 Å². The third-order valence-electron chi connectivity index (χ3n) is 4.21. The molecule has 0 bridgehead atoms. The Balaban J connectivity index is 0.00000363. The SMILES string of the molecule is CC(C)O/N=C(/CNC(=O)c1cn(C)nc1C(F)F)c1ncc(C#CC2CC2)cc1Cl.Cl. The number of aryl methyl sites for hydroxylation is 1. The lowest BCUT2D eigenvalue weighted by molar-refractivity contribution is 0.0853. The maximum Gasteiger partial charge on any atom is 0.282 e. The van der Waals surface area contributed by atoms with Crippen molar-refractivity contribution >= 4 is 35.6 Å². The van der Waals surface area contributed by atoms with Crippen molar-refractivity contribution in [2.45, 2.75) is 39.2 Å². The largest absolute Gasteiger partial charge is 0.393 e. The minimum atomic E-state index is -2.88. The lowest BCUT2D eigenvalue weighted by Crippen LogP contribution is -2.31. The number of alkyl halides is 2. The number of nitrogens with one attached hydrogen (secondary N) is 1. The van der Waals surface area contributed by atoms with Gasteiger partial charge in [0, 0.05) is 30.9 Å². The number of oxime groups is 1. The van der Waals surface area contributed by atoms with E-state index in [0.29, 0.717) is 17.2 Å². The maximum absolute atomic E-state index is 13.1. The molecule has 1 N–H and O–H groups in total. The summed E-state index contributed by atoms with van der Waals surface area (Å²) in [4.78, 5) is 22.1. The van der Waals surface area contributed by atoms with Gasteiger partial charge in [-0.2, -0.15) is 5.10 Å². The van der Waals surface area contributed by atoms with Crippen LogP contribution in [0.5, 0.6) is 0 Å². The molecule has 2 heterocycles. The summed E-state index contributed by atoms with van der Waals surface area (Å²) in [6.45, 7) is 3.44. The van der Waals surface area contributed by atoms with E-state index in [9.17, 15) is 13.6 Å². The number of carbonyl (C=O) groups excluding carboxylic acids is 1. The Morgan fingerprint density at radius 2 is 2.16 bits per heavy atom. The van der Waals surface area contributed by atoms with Crippen LogP contribution in [-0.2, 0) is 11.9 Å². The molecule has 0 atom stereocenters. The average molecular weight is 486 g/mol. The Morgan fingerprint density at radius 3 is 2.75 bits per heavy atom. The summed E-state index contributed by atoms with van der Waals surface area (Å²) in [6.07, 6.45) is 1.92. The highest BCUT2D eigenvalue weighted by Gasteiger charge is 2.23. The van der Waals surface area contributed by atoms with Gasteiger partial charge in [-0.1, -0.05) is 28.6 Å². The molecule has 2 aromatic heterocycles. The molecule has 2 aromatic rings. The Bertz CT molecular complexity index is 1060. The maximum atomic E-state index is 13.1. The summed E-state index contributed by atoms with van der Waals surface area (Å²) in [6, 6.07) is 1.67. The standard InChI is InChI=1S/C21H22ClF2N5O2.ClH/c1-12(2)31-28-17(10-26-21(30)15-11-29(3)27-18(15)20(23)24)19-16(22)8-14(9-25-19)7-6-13-4-5-13;/h8-9,11-13,20H,4-5,10H2,1-3H3,(H,26,30);1H/b28-17-;. The van der Waals surface area contributed by atoms with Crippen molar-refractivity contribution in [2.24, 2.45) is 18.1 Å². The minimum Gasteiger partial charge on any atom is -0.393 e. The molecule has 7 nitrogen and oxygen atoms in total. The van der Waals surface area contributed by atoms with E-state index < -0.39 is 18.0 Å². The number of nitrogens with zero attached hydrogens (tertiary/aromatic N) is 4. The summed E-state index contributed by atoms with van der Waals surface area (Å²) in [5.74, 6) is 5.89. The topological polar surface area (TPSA) is 81.4 Å². The molecule has 1 aliphatic carbocycles. The van der Waals surface area contributed by atoms with Crippen molar-refractivity contribution in [1.29, 1.82) is 0 Å². The highest BCUT2D eigenvalue weighted by atomic mass is 35.5. The number of carbonyl (C=O) groups is 1. The fourth-order valence-corrected chi connectivity index (χ4v) is 2.84. The second-order valence-corrected chi connectivity index (χ2v) is 7.78. The van der Waals surface area contributed by atoms with E-state index in [-0.39, 0.29) is 41.4 Å². The zero-order chi connectivity index (χ0) is 22.5. The van der Waals surface area contributed by atoms with E-state index in [0.717, 1.165) is 17.5 Å². The molecular formula is C21H23Cl2F2N5O2. The summed E-state index contributed by atoms with van der Waals surface area (Å²) in [5.41, 5.74) is 0.417. The van der Waals surface area contributed by atoms with E-state index in [1.165, 1.54) is 13.2 Å². The highest BCUT2D eigenvalue weighted by molar-refractivity contribution is 6.34. The van der Waals surface area contributed by atoms with Crippen LogP contribution in [0.2, 0.25) is 5.02 Å². The van der Waals surface area contributed by atoms with E-state index in [1.807, 2.05) is 0 Å². The number of pyridine rings is 1. The molecule has 0 unspecified atom stereocenters. The van der Waals surface area contributed by atoms with E-state index in [2.05, 4.69) is 32.4 Å². The third-order valence-corrected chi connectivity index (χ3v) is 4.50. The Hall–Kier alpha value is -2.70. The first kappa shape index (κ1) is 25.6. The van der Waals surface area contributed by atoms with Gasteiger partial charge in [0.15, 0.2) is 0 Å². The molecule has 3 rings (SSSR count). The normalized spacial score (nSPS) is 13.4. The molecular weight excluding hydrogens is 463 g/mol. The van der Waals surface area contributed by atoms with Crippen LogP contribution >= 0.6 is 24.0 Å². The van der Waals surface area contributed by atoms with Crippen molar-refractivity contribution in [1.82, 2.24) is 20.1 Å². The van der Waals surface area contributed by atoms with Crippen LogP contribution in [0.3, 0.4) is 0 Å². The zero-order valence-corrected chi connectivity index (χ0v) is 19.3. The lowest BCUT2D eigenvalue weighted by Gasteiger charge is -2.11. The fraction of sp³-hybridized carbons (Fsp3) is 0.429. The number of amides is 1. The van der Waals surface area contributed by atoms with E-state index in [1.54, 1.807) is 26.1 Å². The molecule has 11 heteroatoms. The van der Waals surface area contributed by atoms with Crippen LogP contribution in [0.25, 0.3) is 0 Å². The summed E-state index contributed by atoms with van der Waals surface area (Å²) in [7, 11) is 1.46. The van der Waals surface area contributed by atoms with Crippen molar-refractivity contribution in [3.05, 3.63) is 46.0 Å². The molecule has 0 aromatic carbocycles. The first-order valence-corrected chi connectivity index (χ1v) is 10.1. The fourth-order valence-electron chi connectivity index (χ4n) is 2.56. The molecule has 1 saturated carbocycles. The molecule has 0 radical (unpaired) electrons. The monoisotopic (exact) mass is 485 g/mol. The third kappa shape index (κ3) is 6.90. The molecule has 172 valence electrons. The van der Waals surface area contributed by atoms with Gasteiger partial charge in [-0.3, -0.25) is 14.5 Å². The van der Waals surface area contributed by atoms with Gasteiger partial charge >= 0.3 is 0 Å². The predicted molar refractivity (Wildman–Crippen MR) is 119 cm³/mol. The Morgan fingerprint density at radius 1 is 1.44 bits per heavy atom. The number of rotatable bonds is 7. The average Bonchev–Trinajstić information content (AvgIpc) is 3.46. The van der Waals surface area contributed by atoms with Crippen LogP contribution in [-0.4, -0.2) is 39.0 Å². The zero-order valence-electron chi connectivity index (χ0n) is 17.7. The smallest absolute Gasteiger partial charge is 0.282 e. The number of halogens is 4. The molecule has 1 amide bonds. The summed E-state index contributed by atoms with van der Waals surface area (Å²) in [5, 5.41) is 10.5. The molecule has 1 aliphatic rings. The number of hydrogen-bond acceptors (Lipinski definition) is 5. The van der Waals surface area contributed by atoms with Crippen molar-refractivity contribution < 1.29 is 18.4 Å². The van der Waals surface area contributed by atoms with Gasteiger partial charge in [0.1, 0.15) is 23.2 Å². The quantitative estimate of drug-likeness (QED) is 0.362. The highest BCUT2D eigenvalue weighted by Crippen LogP contribution is 2.27. The Labute approximate surface area is 196 Å². The summed E-state index contributed by atoms with van der Waals surface area (Å²) < 4.78 is 27.4. The van der Waals surface area contributed by atoms with Crippen LogP contribution in [0.4, 0.5) is 8.78 Å². The van der Waals surface area contributed by atoms with Gasteiger partial charge in [-0.05, 0) is 32.8 Å². The van der Waals surface area contributed by atoms with Crippen LogP contribution < -0.4 is 5.32 Å². The van der Waals surface area contributed by atoms with Crippen LogP contribution in [0, 0.1) is 17.8 Å². The molecule has 0 spiro atoms. The molecule has 0 saturated heterocycles. The van der Waals surface area contributed by atoms with Crippen molar-refractivity contribution in [3.8, 4) is 11.8 Å². The second-order valence-electron chi connectivity index (χ2n) is 7.38. The van der Waals surface area contributed by atoms with E-state index in [4.69, 9.17) is 16.4 Å². The first-order valence-electron chi connectivity index (χ1n) is 9.74. The molecule has 32 heavy (non-hydrogen) atoms. The number of hydrogen-bond donors (Lipinski definition) is 1. The van der Waals surface area contributed by atoms with Crippen molar-refractivity contribution in [2.75, 3.05) is 6.54 Å². The van der Waals surface area contributed by atoms with Gasteiger partial charge < -0.3 is 10.2 Å². The number of aromatic nitrogens is 3. The van der Waals surface area contributed by atoms with Gasteiger partial charge in [0.25, 0.3) is 12.3 Å². The van der Waals surface area contributed by atoms with Gasteiger partial charge in [0.05, 0.1) is 17.1 Å². The van der Waals surface area contributed by atoms with Gasteiger partial charge in [-0.25, -0.2) is 8.78 Å². The van der Waals surface area contributed by atoms with Crippen LogP contribution in [0.15, 0.2) is 23.6 Å². The second kappa shape index (κ2) is 11.2.